The average molecular weight is 427 g/mol. The SMILES string of the molecule is C=CC(=O)N1CCN(C(C)=O)[C@@H](c2cc(Cl)nc(-c3cccc(NC(C)=O)c3)c2)C1. The molecule has 0 bridgehead atoms. The largest absolute Gasteiger partial charge is 0.335 e. The number of anilines is 1. The van der Waals surface area contributed by atoms with Crippen LogP contribution in [0.15, 0.2) is 49.1 Å². The fraction of sp³-hybridized carbons (Fsp3) is 0.273. The Labute approximate surface area is 180 Å². The van der Waals surface area contributed by atoms with Crippen molar-refractivity contribution < 1.29 is 14.4 Å². The highest BCUT2D eigenvalue weighted by Gasteiger charge is 2.32. The molecule has 2 aromatic rings. The number of benzene rings is 1. The Morgan fingerprint density at radius 3 is 2.63 bits per heavy atom. The Morgan fingerprint density at radius 1 is 1.20 bits per heavy atom. The highest BCUT2D eigenvalue weighted by Crippen LogP contribution is 2.31. The van der Waals surface area contributed by atoms with Crippen LogP contribution in [-0.4, -0.2) is 52.1 Å². The fourth-order valence-corrected chi connectivity index (χ4v) is 3.81. The second kappa shape index (κ2) is 9.09. The molecule has 0 saturated carbocycles. The lowest BCUT2D eigenvalue weighted by atomic mass is 10.00. The first-order chi connectivity index (χ1) is 14.3. The van der Waals surface area contributed by atoms with Crippen LogP contribution in [0.2, 0.25) is 5.15 Å². The third-order valence-corrected chi connectivity index (χ3v) is 5.14. The molecular formula is C22H23ClN4O3. The van der Waals surface area contributed by atoms with E-state index >= 15 is 0 Å². The molecule has 0 aliphatic carbocycles. The fourth-order valence-electron chi connectivity index (χ4n) is 3.59. The number of pyridine rings is 1. The van der Waals surface area contributed by atoms with Crippen LogP contribution >= 0.6 is 11.6 Å². The van der Waals surface area contributed by atoms with Crippen molar-refractivity contribution in [3.05, 3.63) is 59.8 Å². The van der Waals surface area contributed by atoms with Crippen LogP contribution < -0.4 is 5.32 Å². The monoisotopic (exact) mass is 426 g/mol. The number of halogens is 1. The number of nitrogens with zero attached hydrogens (tertiary/aromatic N) is 3. The number of carbonyl (C=O) groups excluding carboxylic acids is 3. The van der Waals surface area contributed by atoms with Gasteiger partial charge in [-0.2, -0.15) is 0 Å². The Morgan fingerprint density at radius 2 is 1.97 bits per heavy atom. The molecule has 30 heavy (non-hydrogen) atoms. The van der Waals surface area contributed by atoms with E-state index in [1.165, 1.54) is 19.9 Å². The van der Waals surface area contributed by atoms with Crippen molar-refractivity contribution in [1.82, 2.24) is 14.8 Å². The Balaban J connectivity index is 2.00. The van der Waals surface area contributed by atoms with E-state index in [0.717, 1.165) is 11.1 Å². The minimum absolute atomic E-state index is 0.0761. The molecule has 8 heteroatoms. The number of hydrogen-bond acceptors (Lipinski definition) is 4. The Bertz CT molecular complexity index is 1010. The molecule has 1 aliphatic heterocycles. The van der Waals surface area contributed by atoms with Gasteiger partial charge in [0.2, 0.25) is 17.7 Å². The minimum atomic E-state index is -0.349. The molecule has 1 aromatic heterocycles. The number of carbonyl (C=O) groups is 3. The first-order valence-corrected chi connectivity index (χ1v) is 9.90. The summed E-state index contributed by atoms with van der Waals surface area (Å²) in [5, 5.41) is 3.03. The maximum atomic E-state index is 12.2. The van der Waals surface area contributed by atoms with Gasteiger partial charge in [-0.25, -0.2) is 4.98 Å². The van der Waals surface area contributed by atoms with Gasteiger partial charge in [0.05, 0.1) is 11.7 Å². The Hall–Kier alpha value is -3.19. The van der Waals surface area contributed by atoms with Crippen molar-refractivity contribution in [3.63, 3.8) is 0 Å². The predicted octanol–water partition coefficient (Wildman–Crippen LogP) is 3.28. The van der Waals surface area contributed by atoms with Gasteiger partial charge in [0, 0.05) is 44.7 Å². The summed E-state index contributed by atoms with van der Waals surface area (Å²) in [5.41, 5.74) is 2.82. The molecule has 1 atom stereocenters. The molecule has 1 fully saturated rings. The van der Waals surface area contributed by atoms with E-state index in [4.69, 9.17) is 11.6 Å². The van der Waals surface area contributed by atoms with E-state index in [2.05, 4.69) is 16.9 Å². The van der Waals surface area contributed by atoms with Crippen LogP contribution in [0.1, 0.15) is 25.5 Å². The van der Waals surface area contributed by atoms with E-state index in [1.807, 2.05) is 18.2 Å². The molecule has 0 unspecified atom stereocenters. The first-order valence-electron chi connectivity index (χ1n) is 9.52. The van der Waals surface area contributed by atoms with Gasteiger partial charge in [-0.15, -0.1) is 0 Å². The lowest BCUT2D eigenvalue weighted by Gasteiger charge is -2.41. The van der Waals surface area contributed by atoms with Gasteiger partial charge in [0.1, 0.15) is 5.15 Å². The van der Waals surface area contributed by atoms with Gasteiger partial charge in [0.15, 0.2) is 0 Å². The van der Waals surface area contributed by atoms with Gasteiger partial charge in [-0.05, 0) is 35.9 Å². The molecular weight excluding hydrogens is 404 g/mol. The van der Waals surface area contributed by atoms with Crippen molar-refractivity contribution in [2.75, 3.05) is 25.0 Å². The standard InChI is InChI=1S/C22H23ClN4O3/c1-4-22(30)26-8-9-27(15(3)29)20(13-26)17-11-19(25-21(23)12-17)16-6-5-7-18(10-16)24-14(2)28/h4-7,10-12,20H,1,8-9,13H2,2-3H3,(H,24,28)/t20-/m1/s1. The van der Waals surface area contributed by atoms with Crippen molar-refractivity contribution in [3.8, 4) is 11.3 Å². The molecule has 1 aromatic carbocycles. The highest BCUT2D eigenvalue weighted by molar-refractivity contribution is 6.29. The number of piperazine rings is 1. The summed E-state index contributed by atoms with van der Waals surface area (Å²) in [6.07, 6.45) is 1.28. The van der Waals surface area contributed by atoms with Crippen molar-refractivity contribution in [1.29, 1.82) is 0 Å². The number of hydrogen-bond donors (Lipinski definition) is 1. The number of nitrogens with one attached hydrogen (secondary N) is 1. The van der Waals surface area contributed by atoms with E-state index in [0.29, 0.717) is 31.0 Å². The van der Waals surface area contributed by atoms with Crippen LogP contribution in [0.5, 0.6) is 0 Å². The quantitative estimate of drug-likeness (QED) is 0.600. The van der Waals surface area contributed by atoms with Crippen molar-refractivity contribution in [2.45, 2.75) is 19.9 Å². The molecule has 3 amide bonds. The molecule has 1 aliphatic rings. The molecule has 2 heterocycles. The van der Waals surface area contributed by atoms with Crippen LogP contribution in [0.3, 0.4) is 0 Å². The van der Waals surface area contributed by atoms with E-state index in [1.54, 1.807) is 28.0 Å². The maximum absolute atomic E-state index is 12.2. The topological polar surface area (TPSA) is 82.6 Å². The summed E-state index contributed by atoms with van der Waals surface area (Å²) < 4.78 is 0. The summed E-state index contributed by atoms with van der Waals surface area (Å²) >= 11 is 6.32. The zero-order valence-corrected chi connectivity index (χ0v) is 17.6. The molecule has 1 N–H and O–H groups in total. The third-order valence-electron chi connectivity index (χ3n) is 4.95. The van der Waals surface area contributed by atoms with Gasteiger partial charge in [-0.3, -0.25) is 14.4 Å². The molecule has 0 spiro atoms. The van der Waals surface area contributed by atoms with Gasteiger partial charge in [0.25, 0.3) is 0 Å². The Kier molecular flexibility index (Phi) is 6.52. The minimum Gasteiger partial charge on any atom is -0.335 e. The van der Waals surface area contributed by atoms with Crippen LogP contribution in [0, 0.1) is 0 Å². The number of rotatable bonds is 4. The maximum Gasteiger partial charge on any atom is 0.246 e. The van der Waals surface area contributed by atoms with Gasteiger partial charge < -0.3 is 15.1 Å². The average Bonchev–Trinajstić information content (AvgIpc) is 2.72. The number of aromatic nitrogens is 1. The molecule has 7 nitrogen and oxygen atoms in total. The molecule has 156 valence electrons. The normalized spacial score (nSPS) is 16.2. The van der Waals surface area contributed by atoms with E-state index in [9.17, 15) is 14.4 Å². The van der Waals surface area contributed by atoms with Crippen molar-refractivity contribution in [2.24, 2.45) is 0 Å². The first kappa shape index (κ1) is 21.5. The van der Waals surface area contributed by atoms with Crippen molar-refractivity contribution >= 4 is 35.0 Å². The zero-order valence-electron chi connectivity index (χ0n) is 16.9. The molecule has 1 saturated heterocycles. The second-order valence-corrected chi connectivity index (χ2v) is 7.47. The summed E-state index contributed by atoms with van der Waals surface area (Å²) in [7, 11) is 0. The number of amides is 3. The lowest BCUT2D eigenvalue weighted by molar-refractivity contribution is -0.139. The smallest absolute Gasteiger partial charge is 0.246 e. The summed E-state index contributed by atoms with van der Waals surface area (Å²) in [4.78, 5) is 43.5. The van der Waals surface area contributed by atoms with Crippen LogP contribution in [0.25, 0.3) is 11.3 Å². The zero-order chi connectivity index (χ0) is 21.8. The third kappa shape index (κ3) is 4.86. The summed E-state index contributed by atoms with van der Waals surface area (Å²) in [5.74, 6) is -0.419. The van der Waals surface area contributed by atoms with Crippen LogP contribution in [0.4, 0.5) is 5.69 Å². The summed E-state index contributed by atoms with van der Waals surface area (Å²) in [6.45, 7) is 7.72. The predicted molar refractivity (Wildman–Crippen MR) is 116 cm³/mol. The van der Waals surface area contributed by atoms with Crippen LogP contribution in [-0.2, 0) is 14.4 Å². The summed E-state index contributed by atoms with van der Waals surface area (Å²) in [6, 6.07) is 10.5. The van der Waals surface area contributed by atoms with E-state index in [-0.39, 0.29) is 28.9 Å². The van der Waals surface area contributed by atoms with Gasteiger partial charge in [-0.1, -0.05) is 30.3 Å². The van der Waals surface area contributed by atoms with E-state index < -0.39 is 0 Å². The second-order valence-electron chi connectivity index (χ2n) is 7.09. The lowest BCUT2D eigenvalue weighted by Crippen LogP contribution is -2.51. The molecule has 0 radical (unpaired) electrons. The van der Waals surface area contributed by atoms with Gasteiger partial charge >= 0.3 is 0 Å². The highest BCUT2D eigenvalue weighted by atomic mass is 35.5. The molecule has 3 rings (SSSR count).